The van der Waals surface area contributed by atoms with Crippen LogP contribution in [0.15, 0.2) is 30.3 Å². The van der Waals surface area contributed by atoms with Gasteiger partial charge < -0.3 is 19.7 Å². The molecular formula is C29H37F2N7O2. The molecule has 5 fully saturated rings. The van der Waals surface area contributed by atoms with Crippen LogP contribution in [0.1, 0.15) is 50.8 Å². The first-order chi connectivity index (χ1) is 19.5. The zero-order valence-electron chi connectivity index (χ0n) is 22.8. The molecule has 2 aromatic heterocycles. The normalized spacial score (nSPS) is 27.5. The van der Waals surface area contributed by atoms with Crippen molar-refractivity contribution in [3.05, 3.63) is 36.2 Å². The van der Waals surface area contributed by atoms with Crippen molar-refractivity contribution in [3.8, 4) is 5.82 Å². The number of benzene rings is 1. The van der Waals surface area contributed by atoms with Gasteiger partial charge in [-0.05, 0) is 56.1 Å². The first kappa shape index (κ1) is 26.0. The van der Waals surface area contributed by atoms with Crippen LogP contribution >= 0.6 is 0 Å². The van der Waals surface area contributed by atoms with E-state index in [0.717, 1.165) is 32.8 Å². The minimum Gasteiger partial charge on any atom is -0.379 e. The van der Waals surface area contributed by atoms with Crippen LogP contribution in [0.3, 0.4) is 0 Å². The molecule has 1 aromatic carbocycles. The molecule has 3 saturated carbocycles. The molecular weight excluding hydrogens is 516 g/mol. The van der Waals surface area contributed by atoms with Crippen LogP contribution < -0.4 is 10.2 Å². The van der Waals surface area contributed by atoms with Crippen molar-refractivity contribution in [2.24, 2.45) is 5.41 Å². The minimum absolute atomic E-state index is 0.211. The lowest BCUT2D eigenvalue weighted by Gasteiger charge is -2.58. The smallest absolute Gasteiger partial charge is 0.296 e. The average molecular weight is 554 g/mol. The lowest BCUT2D eigenvalue weighted by atomic mass is 9.56. The lowest BCUT2D eigenvalue weighted by molar-refractivity contribution is -0.0879. The Kier molecular flexibility index (Phi) is 6.83. The van der Waals surface area contributed by atoms with E-state index in [2.05, 4.69) is 20.1 Å². The third kappa shape index (κ3) is 4.71. The van der Waals surface area contributed by atoms with Crippen molar-refractivity contribution in [2.75, 3.05) is 69.4 Å². The van der Waals surface area contributed by atoms with Crippen molar-refractivity contribution in [1.29, 1.82) is 0 Å². The van der Waals surface area contributed by atoms with Crippen LogP contribution in [0.25, 0.3) is 16.9 Å². The van der Waals surface area contributed by atoms with Crippen LogP contribution in [0.2, 0.25) is 0 Å². The Morgan fingerprint density at radius 3 is 2.17 bits per heavy atom. The van der Waals surface area contributed by atoms with Crippen LogP contribution in [-0.4, -0.2) is 89.1 Å². The zero-order valence-corrected chi connectivity index (χ0v) is 22.8. The molecule has 2 saturated heterocycles. The predicted octanol–water partition coefficient (Wildman–Crippen LogP) is 4.43. The quantitative estimate of drug-likeness (QED) is 0.461. The number of imidazole rings is 1. The number of nitrogens with one attached hydrogen (secondary N) is 1. The summed E-state index contributed by atoms with van der Waals surface area (Å²) in [5, 5.41) is 3.57. The largest absolute Gasteiger partial charge is 0.379 e. The molecule has 0 atom stereocenters. The van der Waals surface area contributed by atoms with Gasteiger partial charge in [-0.3, -0.25) is 9.47 Å². The molecule has 0 amide bonds. The van der Waals surface area contributed by atoms with Crippen molar-refractivity contribution in [2.45, 2.75) is 50.5 Å². The number of aromatic nitrogens is 4. The van der Waals surface area contributed by atoms with E-state index in [1.807, 2.05) is 18.2 Å². The fraction of sp³-hybridized carbons (Fsp3) is 0.621. The van der Waals surface area contributed by atoms with Gasteiger partial charge in [0.15, 0.2) is 5.82 Å². The Balaban J connectivity index is 1.17. The molecule has 5 aliphatic rings. The maximum Gasteiger partial charge on any atom is 0.296 e. The molecule has 214 valence electrons. The van der Waals surface area contributed by atoms with Gasteiger partial charge in [0, 0.05) is 44.3 Å². The summed E-state index contributed by atoms with van der Waals surface area (Å²) in [6.45, 7) is 7.13. The van der Waals surface area contributed by atoms with Gasteiger partial charge in [0.05, 0.1) is 37.5 Å². The number of halogens is 2. The topological polar surface area (TPSA) is 80.6 Å². The van der Waals surface area contributed by atoms with Gasteiger partial charge in [-0.1, -0.05) is 12.1 Å². The second-order valence-electron chi connectivity index (χ2n) is 11.8. The maximum absolute atomic E-state index is 14.2. The van der Waals surface area contributed by atoms with E-state index in [4.69, 9.17) is 19.4 Å². The third-order valence-electron chi connectivity index (χ3n) is 9.71. The van der Waals surface area contributed by atoms with Gasteiger partial charge >= 0.3 is 0 Å². The number of nitrogens with zero attached hydrogens (tertiary/aromatic N) is 6. The fourth-order valence-electron chi connectivity index (χ4n) is 7.29. The molecule has 0 radical (unpaired) electrons. The molecule has 2 aliphatic heterocycles. The highest BCUT2D eigenvalue weighted by Crippen LogP contribution is 2.54. The third-order valence-corrected chi connectivity index (χ3v) is 9.71. The SMILES string of the molecule is FC(F)c1nc2ccccc2n1-c1cc(N2CCOCC2)nc(NCC23CCC(N4CCOCC4)(CC2)CC3)n1. The van der Waals surface area contributed by atoms with E-state index in [9.17, 15) is 8.78 Å². The Bertz CT molecular complexity index is 1330. The fourth-order valence-corrected chi connectivity index (χ4v) is 7.29. The monoisotopic (exact) mass is 553 g/mol. The number of morpholine rings is 2. The van der Waals surface area contributed by atoms with Crippen LogP contribution in [0.4, 0.5) is 20.5 Å². The summed E-state index contributed by atoms with van der Waals surface area (Å²) in [4.78, 5) is 18.7. The van der Waals surface area contributed by atoms with Crippen molar-refractivity contribution in [1.82, 2.24) is 24.4 Å². The van der Waals surface area contributed by atoms with Gasteiger partial charge in [0.1, 0.15) is 11.6 Å². The lowest BCUT2D eigenvalue weighted by Crippen LogP contribution is -2.60. The molecule has 3 aromatic rings. The summed E-state index contributed by atoms with van der Waals surface area (Å²) >= 11 is 0. The van der Waals surface area contributed by atoms with E-state index in [1.54, 1.807) is 12.1 Å². The summed E-state index contributed by atoms with van der Waals surface area (Å²) < 4.78 is 41.0. The summed E-state index contributed by atoms with van der Waals surface area (Å²) in [6.07, 6.45) is 4.44. The molecule has 11 heteroatoms. The van der Waals surface area contributed by atoms with Crippen LogP contribution in [0.5, 0.6) is 0 Å². The Labute approximate surface area is 232 Å². The predicted molar refractivity (Wildman–Crippen MR) is 148 cm³/mol. The summed E-state index contributed by atoms with van der Waals surface area (Å²) in [6, 6.07) is 9.00. The van der Waals surface area contributed by atoms with Gasteiger partial charge in [-0.25, -0.2) is 13.8 Å². The number of hydrogen-bond acceptors (Lipinski definition) is 8. The van der Waals surface area contributed by atoms with Crippen molar-refractivity contribution in [3.63, 3.8) is 0 Å². The zero-order chi connectivity index (χ0) is 27.2. The van der Waals surface area contributed by atoms with Crippen LogP contribution in [-0.2, 0) is 9.47 Å². The highest BCUT2D eigenvalue weighted by molar-refractivity contribution is 5.78. The number of alkyl halides is 2. The number of ether oxygens (including phenoxy) is 2. The summed E-state index contributed by atoms with van der Waals surface area (Å²) in [7, 11) is 0. The van der Waals surface area contributed by atoms with Gasteiger partial charge in [-0.15, -0.1) is 0 Å². The maximum atomic E-state index is 14.2. The number of para-hydroxylation sites is 2. The summed E-state index contributed by atoms with van der Waals surface area (Å²) in [5.41, 5.74) is 1.67. The number of anilines is 2. The van der Waals surface area contributed by atoms with Crippen molar-refractivity contribution >= 4 is 22.8 Å². The highest BCUT2D eigenvalue weighted by Gasteiger charge is 2.51. The Hall–Kier alpha value is -2.89. The first-order valence-electron chi connectivity index (χ1n) is 14.6. The van der Waals surface area contributed by atoms with Crippen molar-refractivity contribution < 1.29 is 18.3 Å². The second kappa shape index (κ2) is 10.5. The minimum atomic E-state index is -2.74. The highest BCUT2D eigenvalue weighted by atomic mass is 19.3. The second-order valence-corrected chi connectivity index (χ2v) is 11.8. The van der Waals surface area contributed by atoms with Crippen LogP contribution in [0, 0.1) is 5.41 Å². The molecule has 8 rings (SSSR count). The molecule has 0 unspecified atom stereocenters. The first-order valence-corrected chi connectivity index (χ1v) is 14.6. The van der Waals surface area contributed by atoms with Gasteiger partial charge in [0.2, 0.25) is 5.95 Å². The standard InChI is InChI=1S/C29H37F2N7O2/c30-25(31)26-33-21-3-1-2-4-22(21)38(26)24-19-23(36-11-15-39-16-12-36)34-27(35-24)32-20-28-5-8-29(9-6-28,10-7-28)37-13-17-40-18-14-37/h1-4,19,25H,5-18,20H2,(H,32,34,35). The molecule has 4 heterocycles. The summed E-state index contributed by atoms with van der Waals surface area (Å²) in [5.74, 6) is 1.28. The van der Waals surface area contributed by atoms with Gasteiger partial charge in [0.25, 0.3) is 6.43 Å². The molecule has 40 heavy (non-hydrogen) atoms. The number of fused-ring (bicyclic) bond motifs is 4. The molecule has 3 aliphatic carbocycles. The Morgan fingerprint density at radius 1 is 0.825 bits per heavy atom. The van der Waals surface area contributed by atoms with Gasteiger partial charge in [-0.2, -0.15) is 9.97 Å². The molecule has 0 spiro atoms. The van der Waals surface area contributed by atoms with E-state index in [0.29, 0.717) is 60.5 Å². The van der Waals surface area contributed by atoms with E-state index < -0.39 is 6.43 Å². The molecule has 9 nitrogen and oxygen atoms in total. The van der Waals surface area contributed by atoms with E-state index in [-0.39, 0.29) is 11.2 Å². The molecule has 2 bridgehead atoms. The number of hydrogen-bond donors (Lipinski definition) is 1. The van der Waals surface area contributed by atoms with E-state index >= 15 is 0 Å². The Morgan fingerprint density at radius 2 is 1.48 bits per heavy atom. The van der Waals surface area contributed by atoms with E-state index in [1.165, 1.54) is 43.1 Å². The molecule has 1 N–H and O–H groups in total. The average Bonchev–Trinajstić information content (AvgIpc) is 3.42. The number of rotatable bonds is 7.